The molecule has 2 amide bonds. The fraction of sp³-hybridized carbons (Fsp3) is 0.636. The average molecular weight is 267 g/mol. The van der Waals surface area contributed by atoms with Gasteiger partial charge in [0.05, 0.1) is 13.0 Å². The van der Waals surface area contributed by atoms with Gasteiger partial charge in [-0.1, -0.05) is 12.0 Å². The predicted molar refractivity (Wildman–Crippen MR) is 66.1 cm³/mol. The zero-order valence-corrected chi connectivity index (χ0v) is 11.0. The van der Waals surface area contributed by atoms with Gasteiger partial charge in [0.2, 0.25) is 11.8 Å². The summed E-state index contributed by atoms with van der Waals surface area (Å²) in [4.78, 5) is 24.1. The van der Waals surface area contributed by atoms with Crippen LogP contribution in [0.2, 0.25) is 0 Å². The molecule has 104 valence electrons. The Morgan fingerprint density at radius 2 is 2.21 bits per heavy atom. The number of carbonyl (C=O) groups excluding carboxylic acids is 2. The van der Waals surface area contributed by atoms with Crippen molar-refractivity contribution in [3.05, 3.63) is 5.89 Å². The van der Waals surface area contributed by atoms with E-state index >= 15 is 0 Å². The summed E-state index contributed by atoms with van der Waals surface area (Å²) in [5.41, 5.74) is 0. The minimum Gasteiger partial charge on any atom is -0.407 e. The Balaban J connectivity index is 1.90. The Morgan fingerprint density at radius 1 is 1.42 bits per heavy atom. The van der Waals surface area contributed by atoms with Crippen LogP contribution in [0.15, 0.2) is 4.42 Å². The molecule has 0 bridgehead atoms. The van der Waals surface area contributed by atoms with Crippen molar-refractivity contribution in [2.45, 2.75) is 32.4 Å². The molecule has 8 heteroatoms. The summed E-state index contributed by atoms with van der Waals surface area (Å²) in [6.45, 7) is 3.42. The van der Waals surface area contributed by atoms with Crippen LogP contribution in [-0.2, 0) is 16.1 Å². The molecule has 2 rings (SSSR count). The largest absolute Gasteiger partial charge is 0.407 e. The lowest BCUT2D eigenvalue weighted by molar-refractivity contribution is -0.136. The Labute approximate surface area is 110 Å². The summed E-state index contributed by atoms with van der Waals surface area (Å²) in [5, 5.41) is 13.5. The summed E-state index contributed by atoms with van der Waals surface area (Å²) >= 11 is 0. The van der Waals surface area contributed by atoms with Crippen LogP contribution in [0, 0.1) is 0 Å². The van der Waals surface area contributed by atoms with Crippen LogP contribution in [0.3, 0.4) is 0 Å². The molecule has 0 radical (unpaired) electrons. The number of anilines is 1. The van der Waals surface area contributed by atoms with Gasteiger partial charge in [-0.25, -0.2) is 0 Å². The highest BCUT2D eigenvalue weighted by Crippen LogP contribution is 2.16. The molecule has 0 aromatic carbocycles. The lowest BCUT2D eigenvalue weighted by Gasteiger charge is -2.08. The van der Waals surface area contributed by atoms with E-state index < -0.39 is 6.04 Å². The summed E-state index contributed by atoms with van der Waals surface area (Å²) in [5.74, 6) is -0.0539. The molecular weight excluding hydrogens is 250 g/mol. The summed E-state index contributed by atoms with van der Waals surface area (Å²) < 4.78 is 5.33. The second-order valence-corrected chi connectivity index (χ2v) is 4.37. The van der Waals surface area contributed by atoms with Crippen LogP contribution >= 0.6 is 0 Å². The van der Waals surface area contributed by atoms with Gasteiger partial charge in [0.25, 0.3) is 5.91 Å². The number of hydrogen-bond donors (Lipinski definition) is 2. The molecule has 2 heterocycles. The zero-order valence-electron chi connectivity index (χ0n) is 11.0. The third kappa shape index (κ3) is 3.08. The molecule has 1 atom stereocenters. The highest BCUT2D eigenvalue weighted by Gasteiger charge is 2.36. The molecule has 0 saturated carbocycles. The summed E-state index contributed by atoms with van der Waals surface area (Å²) in [6, 6.07) is -0.454. The van der Waals surface area contributed by atoms with E-state index in [9.17, 15) is 9.59 Å². The summed E-state index contributed by atoms with van der Waals surface area (Å²) in [6.07, 6.45) is 1.13. The SMILES string of the molecule is CCCNCc1nnc(NC2CC(=O)N(C)C2=O)o1. The smallest absolute Gasteiger partial charge is 0.316 e. The molecule has 1 aromatic heterocycles. The number of amides is 2. The number of aromatic nitrogens is 2. The van der Waals surface area contributed by atoms with E-state index in [2.05, 4.69) is 27.8 Å². The highest BCUT2D eigenvalue weighted by molar-refractivity contribution is 6.06. The molecule has 1 unspecified atom stereocenters. The summed E-state index contributed by atoms with van der Waals surface area (Å²) in [7, 11) is 1.46. The Hall–Kier alpha value is -1.96. The highest BCUT2D eigenvalue weighted by atomic mass is 16.4. The lowest BCUT2D eigenvalue weighted by Crippen LogP contribution is -2.31. The third-order valence-corrected chi connectivity index (χ3v) is 2.85. The normalized spacial score (nSPS) is 19.3. The molecule has 1 aliphatic heterocycles. The van der Waals surface area contributed by atoms with Crippen molar-refractivity contribution in [1.82, 2.24) is 20.4 Å². The number of nitrogens with one attached hydrogen (secondary N) is 2. The van der Waals surface area contributed by atoms with Gasteiger partial charge in [0, 0.05) is 7.05 Å². The van der Waals surface area contributed by atoms with Crippen molar-refractivity contribution in [3.8, 4) is 0 Å². The van der Waals surface area contributed by atoms with Gasteiger partial charge >= 0.3 is 6.01 Å². The number of rotatable bonds is 6. The van der Waals surface area contributed by atoms with Gasteiger partial charge in [-0.05, 0) is 13.0 Å². The van der Waals surface area contributed by atoms with Crippen molar-refractivity contribution >= 4 is 17.8 Å². The second kappa shape index (κ2) is 5.79. The van der Waals surface area contributed by atoms with Crippen molar-refractivity contribution in [2.24, 2.45) is 0 Å². The molecule has 8 nitrogen and oxygen atoms in total. The first-order valence-corrected chi connectivity index (χ1v) is 6.22. The standard InChI is InChI=1S/C11H17N5O3/c1-3-4-12-6-8-14-15-11(19-8)13-7-5-9(17)16(2)10(7)18/h7,12H,3-6H2,1-2H3,(H,13,15). The van der Waals surface area contributed by atoms with E-state index in [1.54, 1.807) is 0 Å². The fourth-order valence-corrected chi connectivity index (χ4v) is 1.77. The number of carbonyl (C=O) groups is 2. The van der Waals surface area contributed by atoms with E-state index in [4.69, 9.17) is 4.42 Å². The van der Waals surface area contributed by atoms with Crippen LogP contribution in [0.4, 0.5) is 6.01 Å². The number of likely N-dealkylation sites (N-methyl/N-ethyl adjacent to an activating group) is 1. The van der Waals surface area contributed by atoms with Crippen molar-refractivity contribution in [2.75, 3.05) is 18.9 Å². The van der Waals surface area contributed by atoms with Crippen LogP contribution in [0.1, 0.15) is 25.7 Å². The Bertz CT molecular complexity index is 473. The Morgan fingerprint density at radius 3 is 2.84 bits per heavy atom. The van der Waals surface area contributed by atoms with Crippen molar-refractivity contribution < 1.29 is 14.0 Å². The van der Waals surface area contributed by atoms with Gasteiger partial charge in [0.1, 0.15) is 6.04 Å². The molecule has 2 N–H and O–H groups in total. The van der Waals surface area contributed by atoms with Crippen molar-refractivity contribution in [3.63, 3.8) is 0 Å². The topological polar surface area (TPSA) is 100 Å². The van der Waals surface area contributed by atoms with Crippen LogP contribution < -0.4 is 10.6 Å². The molecule has 1 fully saturated rings. The first-order chi connectivity index (χ1) is 9.11. The monoisotopic (exact) mass is 267 g/mol. The van der Waals surface area contributed by atoms with E-state index in [1.165, 1.54) is 7.05 Å². The van der Waals surface area contributed by atoms with Gasteiger partial charge in [-0.2, -0.15) is 0 Å². The van der Waals surface area contributed by atoms with Gasteiger partial charge in [-0.15, -0.1) is 5.10 Å². The molecule has 0 aliphatic carbocycles. The molecule has 19 heavy (non-hydrogen) atoms. The second-order valence-electron chi connectivity index (χ2n) is 4.37. The number of hydrogen-bond acceptors (Lipinski definition) is 7. The first kappa shape index (κ1) is 13.5. The number of likely N-dealkylation sites (tertiary alicyclic amines) is 1. The third-order valence-electron chi connectivity index (χ3n) is 2.85. The molecular formula is C11H17N5O3. The van der Waals surface area contributed by atoms with Gasteiger partial charge in [0.15, 0.2) is 0 Å². The molecule has 1 aromatic rings. The zero-order chi connectivity index (χ0) is 13.8. The first-order valence-electron chi connectivity index (χ1n) is 6.22. The number of imide groups is 1. The maximum atomic E-state index is 11.7. The molecule has 0 spiro atoms. The van der Waals surface area contributed by atoms with E-state index in [0.29, 0.717) is 12.4 Å². The quantitative estimate of drug-likeness (QED) is 0.541. The van der Waals surface area contributed by atoms with Crippen molar-refractivity contribution in [1.29, 1.82) is 0 Å². The maximum Gasteiger partial charge on any atom is 0.316 e. The van der Waals surface area contributed by atoms with Gasteiger partial charge in [-0.3, -0.25) is 14.5 Å². The van der Waals surface area contributed by atoms with Crippen LogP contribution in [0.5, 0.6) is 0 Å². The lowest BCUT2D eigenvalue weighted by atomic mass is 10.2. The number of nitrogens with zero attached hydrogens (tertiary/aromatic N) is 3. The van der Waals surface area contributed by atoms with Gasteiger partial charge < -0.3 is 15.1 Å². The Kier molecular flexibility index (Phi) is 4.10. The fourth-order valence-electron chi connectivity index (χ4n) is 1.77. The average Bonchev–Trinajstić information content (AvgIpc) is 2.92. The van der Waals surface area contributed by atoms with E-state index in [1.807, 2.05) is 0 Å². The minimum atomic E-state index is -0.616. The molecule has 1 aliphatic rings. The maximum absolute atomic E-state index is 11.7. The molecule has 1 saturated heterocycles. The van der Waals surface area contributed by atoms with Crippen LogP contribution in [0.25, 0.3) is 0 Å². The predicted octanol–water partition coefficient (Wildman–Crippen LogP) is -0.262. The van der Waals surface area contributed by atoms with E-state index in [-0.39, 0.29) is 24.2 Å². The van der Waals surface area contributed by atoms with Crippen LogP contribution in [-0.4, -0.2) is 46.5 Å². The minimum absolute atomic E-state index is 0.112. The van der Waals surface area contributed by atoms with E-state index in [0.717, 1.165) is 17.9 Å².